The van der Waals surface area contributed by atoms with E-state index in [0.717, 1.165) is 36.3 Å². The highest BCUT2D eigenvalue weighted by Gasteiger charge is 2.23. The lowest BCUT2D eigenvalue weighted by atomic mass is 10.1. The molecule has 0 saturated heterocycles. The van der Waals surface area contributed by atoms with E-state index in [4.69, 9.17) is 16.5 Å². The van der Waals surface area contributed by atoms with Gasteiger partial charge in [0.2, 0.25) is 0 Å². The summed E-state index contributed by atoms with van der Waals surface area (Å²) in [5.41, 5.74) is 16.7. The largest absolute Gasteiger partial charge is 0.508 e. The summed E-state index contributed by atoms with van der Waals surface area (Å²) in [5.74, 6) is -0.304. The average molecular weight is 400 g/mol. The SMILES string of the molecule is Cc1ccc(O)cc1-n1c(N)c(C(N)=O)c2nc(C3=CCCNC3)ccc21.Cl. The normalized spacial score (nSPS) is 13.8. The van der Waals surface area contributed by atoms with Gasteiger partial charge in [0.1, 0.15) is 22.6 Å². The van der Waals surface area contributed by atoms with Crippen molar-refractivity contribution in [2.24, 2.45) is 5.73 Å². The number of anilines is 1. The van der Waals surface area contributed by atoms with Crippen molar-refractivity contribution in [2.75, 3.05) is 18.8 Å². The third-order valence-electron chi connectivity index (χ3n) is 4.89. The van der Waals surface area contributed by atoms with Gasteiger partial charge in [0.05, 0.1) is 16.9 Å². The van der Waals surface area contributed by atoms with Gasteiger partial charge in [-0.05, 0) is 49.2 Å². The Balaban J connectivity index is 0.00000225. The Bertz CT molecular complexity index is 1100. The fourth-order valence-electron chi connectivity index (χ4n) is 3.54. The van der Waals surface area contributed by atoms with Crippen LogP contribution in [-0.2, 0) is 0 Å². The van der Waals surface area contributed by atoms with Gasteiger partial charge in [-0.25, -0.2) is 4.98 Å². The van der Waals surface area contributed by atoms with Crippen molar-refractivity contribution in [3.8, 4) is 11.4 Å². The van der Waals surface area contributed by atoms with E-state index in [9.17, 15) is 9.90 Å². The van der Waals surface area contributed by atoms with Crippen molar-refractivity contribution in [1.29, 1.82) is 0 Å². The fraction of sp³-hybridized carbons (Fsp3) is 0.200. The molecule has 28 heavy (non-hydrogen) atoms. The summed E-state index contributed by atoms with van der Waals surface area (Å²) in [6.45, 7) is 3.58. The highest BCUT2D eigenvalue weighted by atomic mass is 35.5. The number of halogens is 1. The van der Waals surface area contributed by atoms with Crippen molar-refractivity contribution in [3.63, 3.8) is 0 Å². The Kier molecular flexibility index (Phi) is 5.31. The Labute approximate surface area is 168 Å². The zero-order valence-electron chi connectivity index (χ0n) is 15.4. The lowest BCUT2D eigenvalue weighted by Gasteiger charge is -2.14. The molecule has 0 unspecified atom stereocenters. The first kappa shape index (κ1) is 19.7. The maximum Gasteiger partial charge on any atom is 0.254 e. The quantitative estimate of drug-likeness (QED) is 0.539. The summed E-state index contributed by atoms with van der Waals surface area (Å²) in [7, 11) is 0. The fourth-order valence-corrected chi connectivity index (χ4v) is 3.54. The molecule has 3 heterocycles. The number of phenolic OH excluding ortho intramolecular Hbond substituents is 1. The summed E-state index contributed by atoms with van der Waals surface area (Å²) in [6, 6.07) is 8.81. The van der Waals surface area contributed by atoms with Gasteiger partial charge in [-0.1, -0.05) is 12.1 Å². The zero-order chi connectivity index (χ0) is 19.1. The Morgan fingerprint density at radius 3 is 2.75 bits per heavy atom. The molecule has 1 amide bonds. The molecule has 3 aromatic rings. The standard InChI is InChI=1S/C20H21N5O2.ClH/c1-11-4-5-13(26)9-16(11)25-15-7-6-14(12-3-2-8-23-10-12)24-18(15)17(19(25)21)20(22)27;/h3-7,9,23,26H,2,8,10,21H2,1H3,(H2,22,27);1H. The van der Waals surface area contributed by atoms with Crippen LogP contribution in [0.25, 0.3) is 22.3 Å². The van der Waals surface area contributed by atoms with Gasteiger partial charge < -0.3 is 21.9 Å². The third-order valence-corrected chi connectivity index (χ3v) is 4.89. The number of benzene rings is 1. The van der Waals surface area contributed by atoms with Gasteiger partial charge in [-0.2, -0.15) is 0 Å². The van der Waals surface area contributed by atoms with Gasteiger partial charge in [0, 0.05) is 12.6 Å². The molecule has 1 aromatic carbocycles. The van der Waals surface area contributed by atoms with Crippen LogP contribution in [0.5, 0.6) is 5.75 Å². The van der Waals surface area contributed by atoms with Gasteiger partial charge in [-0.15, -0.1) is 12.4 Å². The van der Waals surface area contributed by atoms with E-state index in [2.05, 4.69) is 11.4 Å². The smallest absolute Gasteiger partial charge is 0.254 e. The minimum absolute atomic E-state index is 0. The van der Waals surface area contributed by atoms with Crippen LogP contribution < -0.4 is 16.8 Å². The summed E-state index contributed by atoms with van der Waals surface area (Å²) < 4.78 is 1.72. The van der Waals surface area contributed by atoms with E-state index in [1.54, 1.807) is 22.8 Å². The van der Waals surface area contributed by atoms with E-state index in [-0.39, 0.29) is 29.5 Å². The number of aromatic hydroxyl groups is 1. The summed E-state index contributed by atoms with van der Waals surface area (Å²) in [5, 5.41) is 13.2. The number of aryl methyl sites for hydroxylation is 1. The lowest BCUT2D eigenvalue weighted by molar-refractivity contribution is 0.100. The van der Waals surface area contributed by atoms with Crippen molar-refractivity contribution in [1.82, 2.24) is 14.9 Å². The van der Waals surface area contributed by atoms with E-state index in [0.29, 0.717) is 16.7 Å². The van der Waals surface area contributed by atoms with Crippen molar-refractivity contribution >= 4 is 40.7 Å². The minimum Gasteiger partial charge on any atom is -0.508 e. The molecule has 2 aromatic heterocycles. The van der Waals surface area contributed by atoms with Crippen molar-refractivity contribution < 1.29 is 9.90 Å². The molecule has 0 bridgehead atoms. The molecule has 0 atom stereocenters. The molecule has 0 spiro atoms. The molecule has 146 valence electrons. The molecule has 0 fully saturated rings. The second-order valence-corrected chi connectivity index (χ2v) is 6.69. The number of phenols is 1. The van der Waals surface area contributed by atoms with Crippen LogP contribution in [0.15, 0.2) is 36.4 Å². The maximum absolute atomic E-state index is 12.1. The molecule has 7 nitrogen and oxygen atoms in total. The summed E-state index contributed by atoms with van der Waals surface area (Å²) in [4.78, 5) is 16.8. The molecule has 4 rings (SSSR count). The molecule has 1 aliphatic rings. The average Bonchev–Trinajstić information content (AvgIpc) is 2.95. The first-order chi connectivity index (χ1) is 13.0. The number of aromatic nitrogens is 2. The van der Waals surface area contributed by atoms with Gasteiger partial charge in [-0.3, -0.25) is 9.36 Å². The number of rotatable bonds is 3. The van der Waals surface area contributed by atoms with E-state index >= 15 is 0 Å². The third kappa shape index (κ3) is 3.19. The van der Waals surface area contributed by atoms with Gasteiger partial charge in [0.15, 0.2) is 0 Å². The number of fused-ring (bicyclic) bond motifs is 1. The van der Waals surface area contributed by atoms with E-state index in [1.165, 1.54) is 0 Å². The first-order valence-corrected chi connectivity index (χ1v) is 8.78. The molecular formula is C20H22ClN5O2. The number of primary amides is 1. The van der Waals surface area contributed by atoms with E-state index < -0.39 is 5.91 Å². The predicted molar refractivity (Wildman–Crippen MR) is 113 cm³/mol. The number of nitrogen functional groups attached to an aromatic ring is 1. The van der Waals surface area contributed by atoms with Crippen LogP contribution in [0.4, 0.5) is 5.82 Å². The summed E-state index contributed by atoms with van der Waals surface area (Å²) >= 11 is 0. The number of amides is 1. The predicted octanol–water partition coefficient (Wildman–Crippen LogP) is 2.52. The number of nitrogens with one attached hydrogen (secondary N) is 1. The van der Waals surface area contributed by atoms with Crippen molar-refractivity contribution in [3.05, 3.63) is 53.2 Å². The zero-order valence-corrected chi connectivity index (χ0v) is 16.2. The number of pyridine rings is 1. The first-order valence-electron chi connectivity index (χ1n) is 8.78. The molecule has 0 saturated carbocycles. The molecular weight excluding hydrogens is 378 g/mol. The molecule has 8 heteroatoms. The summed E-state index contributed by atoms with van der Waals surface area (Å²) in [6.07, 6.45) is 3.08. The second-order valence-electron chi connectivity index (χ2n) is 6.69. The number of carbonyl (C=O) groups is 1. The Hall–Kier alpha value is -3.03. The maximum atomic E-state index is 12.1. The molecule has 0 aliphatic carbocycles. The highest BCUT2D eigenvalue weighted by Crippen LogP contribution is 2.33. The topological polar surface area (TPSA) is 119 Å². The van der Waals surface area contributed by atoms with Crippen LogP contribution in [0, 0.1) is 6.92 Å². The number of hydrogen-bond donors (Lipinski definition) is 4. The van der Waals surface area contributed by atoms with E-state index in [1.807, 2.05) is 19.1 Å². The number of nitrogens with two attached hydrogens (primary N) is 2. The second kappa shape index (κ2) is 7.53. The van der Waals surface area contributed by atoms with Crippen LogP contribution in [0.1, 0.15) is 28.0 Å². The van der Waals surface area contributed by atoms with Crippen LogP contribution in [0.3, 0.4) is 0 Å². The van der Waals surface area contributed by atoms with Crippen LogP contribution >= 0.6 is 12.4 Å². The highest BCUT2D eigenvalue weighted by molar-refractivity contribution is 6.10. The number of carbonyl (C=O) groups excluding carboxylic acids is 1. The number of nitrogens with zero attached hydrogens (tertiary/aromatic N) is 2. The Morgan fingerprint density at radius 2 is 2.07 bits per heavy atom. The minimum atomic E-state index is -0.630. The Morgan fingerprint density at radius 1 is 1.29 bits per heavy atom. The van der Waals surface area contributed by atoms with Crippen LogP contribution in [-0.4, -0.2) is 33.7 Å². The lowest BCUT2D eigenvalue weighted by Crippen LogP contribution is -2.21. The number of hydrogen-bond acceptors (Lipinski definition) is 5. The van der Waals surface area contributed by atoms with Gasteiger partial charge in [0.25, 0.3) is 5.91 Å². The molecule has 0 radical (unpaired) electrons. The monoisotopic (exact) mass is 399 g/mol. The van der Waals surface area contributed by atoms with Crippen molar-refractivity contribution in [2.45, 2.75) is 13.3 Å². The van der Waals surface area contributed by atoms with Gasteiger partial charge >= 0.3 is 0 Å². The molecule has 6 N–H and O–H groups in total. The molecule has 1 aliphatic heterocycles. The van der Waals surface area contributed by atoms with Crippen LogP contribution in [0.2, 0.25) is 0 Å².